The monoisotopic (exact) mass is 1480 g/mol. The molecule has 0 fully saturated rings. The Labute approximate surface area is 619 Å². The number of phosphoric acid groups is 2. The molecule has 0 aliphatic carbocycles. The molecule has 0 aromatic heterocycles. The summed E-state index contributed by atoms with van der Waals surface area (Å²) in [7, 11) is -3.20. The van der Waals surface area contributed by atoms with Gasteiger partial charge in [0, 0.05) is 32.2 Å². The zero-order valence-corrected chi connectivity index (χ0v) is 68.0. The molecule has 0 bridgehead atoms. The first-order valence-electron chi connectivity index (χ1n) is 41.6. The average Bonchev–Trinajstić information content (AvgIpc) is 1.14. The maximum absolute atomic E-state index is 12.6. The van der Waals surface area contributed by atoms with Crippen LogP contribution in [0.15, 0.2) is 24.3 Å². The molecule has 0 aromatic carbocycles. The van der Waals surface area contributed by atoms with Crippen molar-refractivity contribution in [3.8, 4) is 0 Å². The van der Waals surface area contributed by atoms with Crippen molar-refractivity contribution in [1.82, 2.24) is 0 Å². The Morgan fingerprint density at radius 2 is 0.614 bits per heavy atom. The van der Waals surface area contributed by atoms with Crippen molar-refractivity contribution in [3.05, 3.63) is 24.3 Å². The predicted octanol–water partition coefficient (Wildman–Crippen LogP) is 22.2. The van der Waals surface area contributed by atoms with Gasteiger partial charge in [0.1, 0.15) is 26.4 Å². The third-order valence-electron chi connectivity index (χ3n) is 17.9. The third kappa shape index (κ3) is 81.4. The van der Waals surface area contributed by atoms with E-state index in [0.29, 0.717) is 23.9 Å². The Balaban J connectivity index is 0. The molecule has 101 heavy (non-hydrogen) atoms. The number of allylic oxidation sites excluding steroid dienone is 4. The van der Waals surface area contributed by atoms with Crippen LogP contribution in [0.25, 0.3) is 0 Å². The SMILES string of the molecule is CCCCCCCC/C=C\CCCCCCCC(=O)O[C@H](COC(=O)CCCCCCCCCCCCCCC)COP(=O)(O)OCCN.CCCCCCCC/C=C\CCCCCCCC(=O)O[C@H](COC(=O)CCCCCCCCCCCCCCC)COP(=O)([O-])OCC[N+](C)(C)C. The minimum absolute atomic E-state index is 0.0294. The van der Waals surface area contributed by atoms with Gasteiger partial charge in [-0.1, -0.05) is 309 Å². The van der Waals surface area contributed by atoms with Crippen LogP contribution in [-0.2, 0) is 65.4 Å². The van der Waals surface area contributed by atoms with Crippen molar-refractivity contribution >= 4 is 39.5 Å². The highest BCUT2D eigenvalue weighted by Gasteiger charge is 2.27. The van der Waals surface area contributed by atoms with Crippen molar-refractivity contribution in [1.29, 1.82) is 0 Å². The number of likely N-dealkylation sites (N-methyl/N-ethyl adjacent to an activating group) is 1. The van der Waals surface area contributed by atoms with Crippen molar-refractivity contribution < 1.29 is 79.6 Å². The van der Waals surface area contributed by atoms with E-state index in [2.05, 4.69) is 52.0 Å². The van der Waals surface area contributed by atoms with Crippen LogP contribution in [0.2, 0.25) is 0 Å². The van der Waals surface area contributed by atoms with Crippen molar-refractivity contribution in [2.24, 2.45) is 5.73 Å². The molecule has 0 heterocycles. The number of unbranched alkanes of at least 4 members (excludes halogenated alkanes) is 46. The predicted molar refractivity (Wildman–Crippen MR) is 414 cm³/mol. The molecule has 4 atom stereocenters. The second kappa shape index (κ2) is 75.7. The Hall–Kier alpha value is -2.50. The number of esters is 4. The molecule has 0 saturated heterocycles. The number of nitrogens with two attached hydrogens (primary N) is 1. The molecule has 598 valence electrons. The molecular formula is C81H158N2O16P2. The zero-order valence-electron chi connectivity index (χ0n) is 66.2. The van der Waals surface area contributed by atoms with Crippen LogP contribution in [0.5, 0.6) is 0 Å². The van der Waals surface area contributed by atoms with Gasteiger partial charge in [0.25, 0.3) is 7.82 Å². The number of hydrogen-bond donors (Lipinski definition) is 2. The molecule has 0 aliphatic heterocycles. The summed E-state index contributed by atoms with van der Waals surface area (Å²) in [6.45, 7) is 7.95. The van der Waals surface area contributed by atoms with Crippen molar-refractivity contribution in [3.63, 3.8) is 0 Å². The van der Waals surface area contributed by atoms with E-state index in [1.54, 1.807) is 0 Å². The van der Waals surface area contributed by atoms with Crippen molar-refractivity contribution in [2.45, 2.75) is 399 Å². The van der Waals surface area contributed by atoms with Gasteiger partial charge >= 0.3 is 31.7 Å². The van der Waals surface area contributed by atoms with E-state index >= 15 is 0 Å². The molecular weight excluding hydrogens is 1320 g/mol. The smallest absolute Gasteiger partial charge is 0.472 e. The molecule has 0 rings (SSSR count). The summed E-state index contributed by atoms with van der Waals surface area (Å²) in [4.78, 5) is 72.2. The first-order chi connectivity index (χ1) is 48.8. The Bertz CT molecular complexity index is 2010. The average molecular weight is 1480 g/mol. The molecule has 20 heteroatoms. The highest BCUT2D eigenvalue weighted by Crippen LogP contribution is 2.43. The van der Waals surface area contributed by atoms with E-state index < -0.39 is 53.0 Å². The fraction of sp³-hybridized carbons (Fsp3) is 0.901. The molecule has 2 unspecified atom stereocenters. The second-order valence-corrected chi connectivity index (χ2v) is 32.1. The van der Waals surface area contributed by atoms with E-state index in [9.17, 15) is 38.1 Å². The lowest BCUT2D eigenvalue weighted by Gasteiger charge is -2.28. The molecule has 0 radical (unpaired) electrons. The van der Waals surface area contributed by atoms with E-state index in [-0.39, 0.29) is 70.6 Å². The first kappa shape index (κ1) is 101. The van der Waals surface area contributed by atoms with Gasteiger partial charge in [-0.15, -0.1) is 0 Å². The topological polar surface area (TPSA) is 246 Å². The fourth-order valence-electron chi connectivity index (χ4n) is 11.5. The van der Waals surface area contributed by atoms with Crippen LogP contribution in [0.4, 0.5) is 0 Å². The molecule has 0 spiro atoms. The van der Waals surface area contributed by atoms with E-state index in [1.165, 1.54) is 218 Å². The maximum Gasteiger partial charge on any atom is 0.472 e. The van der Waals surface area contributed by atoms with Crippen molar-refractivity contribution in [2.75, 3.05) is 73.9 Å². The van der Waals surface area contributed by atoms with Gasteiger partial charge in [0.15, 0.2) is 12.2 Å². The van der Waals surface area contributed by atoms with E-state index in [4.69, 9.17) is 42.8 Å². The van der Waals surface area contributed by atoms with Crippen LogP contribution in [0, 0.1) is 0 Å². The Morgan fingerprint density at radius 1 is 0.356 bits per heavy atom. The molecule has 0 aromatic rings. The largest absolute Gasteiger partial charge is 0.756 e. The maximum atomic E-state index is 12.6. The van der Waals surface area contributed by atoms with E-state index in [1.807, 2.05) is 21.1 Å². The number of hydrogen-bond acceptors (Lipinski definition) is 16. The number of ether oxygens (including phenoxy) is 4. The highest BCUT2D eigenvalue weighted by molar-refractivity contribution is 7.47. The van der Waals surface area contributed by atoms with Gasteiger partial charge in [-0.3, -0.25) is 32.8 Å². The fourth-order valence-corrected chi connectivity index (χ4v) is 13.0. The molecule has 0 saturated carbocycles. The van der Waals surface area contributed by atoms with Gasteiger partial charge in [0.05, 0.1) is 41.0 Å². The summed E-state index contributed by atoms with van der Waals surface area (Å²) >= 11 is 0. The summed E-state index contributed by atoms with van der Waals surface area (Å²) in [6, 6.07) is 0. The summed E-state index contributed by atoms with van der Waals surface area (Å²) in [5.74, 6) is -1.67. The molecule has 0 aliphatic rings. The lowest BCUT2D eigenvalue weighted by Crippen LogP contribution is -2.37. The number of rotatable bonds is 77. The summed E-state index contributed by atoms with van der Waals surface area (Å²) in [5.41, 5.74) is 5.33. The van der Waals surface area contributed by atoms with Gasteiger partial charge in [-0.2, -0.15) is 0 Å². The standard InChI is InChI=1S/C42H82NO8P.C39H76NO8P/c1-6-8-10-12-14-16-18-20-21-23-25-27-29-31-33-35-42(45)51-40(39-50-52(46,47)49-37-36-43(3,4)5)38-48-41(44)34-32-30-28-26-24-22-19-17-15-13-11-9-7-2;1-3-5-7-9-11-13-15-17-18-20-22-24-26-28-30-32-39(42)48-37(36-47-49(43,44)46-34-33-40)35-45-38(41)31-29-27-25-23-21-19-16-14-12-10-8-6-4-2/h20-21,40H,6-19,22-39H2,1-5H3;17-18,37H,3-16,19-36,40H2,1-2H3,(H,43,44)/b21-20-;18-17-/t40-;37-/m11/s1. The second-order valence-electron chi connectivity index (χ2n) is 29.2. The number of nitrogens with zero attached hydrogens (tertiary/aromatic N) is 1. The lowest BCUT2D eigenvalue weighted by atomic mass is 10.0. The quantitative estimate of drug-likeness (QED) is 0.0143. The summed E-state index contributed by atoms with van der Waals surface area (Å²) < 4.78 is 66.5. The Morgan fingerprint density at radius 3 is 0.891 bits per heavy atom. The number of quaternary nitrogens is 1. The zero-order chi connectivity index (χ0) is 74.7. The van der Waals surface area contributed by atoms with Gasteiger partial charge in [-0.05, 0) is 77.0 Å². The molecule has 0 amide bonds. The summed E-state index contributed by atoms with van der Waals surface area (Å²) in [6.07, 6.45) is 70.3. The van der Waals surface area contributed by atoms with Gasteiger partial charge in [0.2, 0.25) is 0 Å². The van der Waals surface area contributed by atoms with E-state index in [0.717, 1.165) is 103 Å². The third-order valence-corrected chi connectivity index (χ3v) is 19.9. The van der Waals surface area contributed by atoms with Crippen LogP contribution >= 0.6 is 15.6 Å². The van der Waals surface area contributed by atoms with Gasteiger partial charge in [-0.25, -0.2) is 4.57 Å². The number of carbonyl (C=O) groups excluding carboxylic acids is 4. The highest BCUT2D eigenvalue weighted by atomic mass is 31.2. The normalized spacial score (nSPS) is 13.6. The van der Waals surface area contributed by atoms with Crippen LogP contribution in [0.1, 0.15) is 387 Å². The minimum atomic E-state index is -4.62. The molecule has 18 nitrogen and oxygen atoms in total. The Kier molecular flexibility index (Phi) is 75.4. The molecule has 3 N–H and O–H groups in total. The first-order valence-corrected chi connectivity index (χ1v) is 44.5. The van der Waals surface area contributed by atoms with Crippen LogP contribution in [-0.4, -0.2) is 119 Å². The summed E-state index contributed by atoms with van der Waals surface area (Å²) in [5, 5.41) is 0. The number of phosphoric ester groups is 2. The number of carbonyl (C=O) groups is 4. The minimum Gasteiger partial charge on any atom is -0.756 e. The van der Waals surface area contributed by atoms with Crippen LogP contribution in [0.3, 0.4) is 0 Å². The lowest BCUT2D eigenvalue weighted by molar-refractivity contribution is -0.870. The van der Waals surface area contributed by atoms with Gasteiger partial charge < -0.3 is 48.0 Å². The van der Waals surface area contributed by atoms with Crippen LogP contribution < -0.4 is 10.6 Å².